The van der Waals surface area contributed by atoms with E-state index in [1.807, 2.05) is 0 Å². The topological polar surface area (TPSA) is 29.1 Å². The van der Waals surface area contributed by atoms with Gasteiger partial charge in [0.1, 0.15) is 0 Å². The predicted octanol–water partition coefficient (Wildman–Crippen LogP) is 2.04. The third-order valence-electron chi connectivity index (χ3n) is 2.59. The van der Waals surface area contributed by atoms with Gasteiger partial charge in [0.25, 0.3) is 5.91 Å². The number of halogens is 1. The third kappa shape index (κ3) is 3.40. The standard InChI is InChI=1S/C10H14BrNO/c1-8-4-2-3-5-9(8)12-10(13)6-7-11/h8-9H,2-5H2,1H3,(H,12,13). The van der Waals surface area contributed by atoms with Gasteiger partial charge in [-0.1, -0.05) is 19.8 Å². The van der Waals surface area contributed by atoms with Crippen molar-refractivity contribution in [3.05, 3.63) is 0 Å². The molecule has 3 heteroatoms. The molecule has 0 spiro atoms. The molecule has 1 fully saturated rings. The Morgan fingerprint density at radius 2 is 2.15 bits per heavy atom. The predicted molar refractivity (Wildman–Crippen MR) is 56.3 cm³/mol. The van der Waals surface area contributed by atoms with Gasteiger partial charge in [-0.15, -0.1) is 0 Å². The minimum absolute atomic E-state index is 0.171. The second-order valence-electron chi connectivity index (χ2n) is 3.56. The minimum atomic E-state index is -0.171. The molecule has 2 unspecified atom stereocenters. The van der Waals surface area contributed by atoms with Gasteiger partial charge in [0.05, 0.1) is 0 Å². The summed E-state index contributed by atoms with van der Waals surface area (Å²) in [6.45, 7) is 2.19. The Morgan fingerprint density at radius 1 is 1.46 bits per heavy atom. The van der Waals surface area contributed by atoms with Crippen molar-refractivity contribution < 1.29 is 4.79 Å². The van der Waals surface area contributed by atoms with Crippen LogP contribution in [0, 0.1) is 16.7 Å². The molecule has 0 radical (unpaired) electrons. The molecule has 1 N–H and O–H groups in total. The molecule has 1 aliphatic carbocycles. The summed E-state index contributed by atoms with van der Waals surface area (Å²) in [5.74, 6) is 2.85. The molecular weight excluding hydrogens is 230 g/mol. The van der Waals surface area contributed by atoms with E-state index in [2.05, 4.69) is 38.9 Å². The van der Waals surface area contributed by atoms with Crippen molar-refractivity contribution in [3.8, 4) is 10.8 Å². The molecule has 72 valence electrons. The van der Waals surface area contributed by atoms with Crippen molar-refractivity contribution in [1.82, 2.24) is 5.32 Å². The second kappa shape index (κ2) is 5.29. The van der Waals surface area contributed by atoms with Gasteiger partial charge < -0.3 is 5.32 Å². The minimum Gasteiger partial charge on any atom is -0.342 e. The summed E-state index contributed by atoms with van der Waals surface area (Å²) in [5.41, 5.74) is 0. The van der Waals surface area contributed by atoms with Crippen LogP contribution in [-0.2, 0) is 4.79 Å². The molecular formula is C10H14BrNO. The number of hydrogen-bond acceptors (Lipinski definition) is 1. The molecule has 0 aliphatic heterocycles. The smallest absolute Gasteiger partial charge is 0.296 e. The van der Waals surface area contributed by atoms with Gasteiger partial charge in [0.15, 0.2) is 0 Å². The van der Waals surface area contributed by atoms with Crippen molar-refractivity contribution in [1.29, 1.82) is 0 Å². The monoisotopic (exact) mass is 243 g/mol. The number of carbonyl (C=O) groups is 1. The van der Waals surface area contributed by atoms with Crippen LogP contribution in [-0.4, -0.2) is 11.9 Å². The highest BCUT2D eigenvalue weighted by Gasteiger charge is 2.21. The zero-order chi connectivity index (χ0) is 9.68. The Bertz CT molecular complexity index is 241. The van der Waals surface area contributed by atoms with E-state index in [1.165, 1.54) is 19.3 Å². The largest absolute Gasteiger partial charge is 0.342 e. The van der Waals surface area contributed by atoms with Crippen LogP contribution in [0.4, 0.5) is 0 Å². The highest BCUT2D eigenvalue weighted by Crippen LogP contribution is 2.23. The first-order valence-electron chi connectivity index (χ1n) is 4.66. The van der Waals surface area contributed by atoms with Crippen LogP contribution in [0.25, 0.3) is 0 Å². The van der Waals surface area contributed by atoms with E-state index in [9.17, 15) is 4.79 Å². The fraction of sp³-hybridized carbons (Fsp3) is 0.700. The Kier molecular flexibility index (Phi) is 4.31. The first kappa shape index (κ1) is 10.6. The van der Waals surface area contributed by atoms with E-state index in [0.29, 0.717) is 12.0 Å². The third-order valence-corrected chi connectivity index (χ3v) is 2.79. The van der Waals surface area contributed by atoms with Crippen molar-refractivity contribution >= 4 is 21.8 Å². The summed E-state index contributed by atoms with van der Waals surface area (Å²) in [4.78, 5) is 13.6. The van der Waals surface area contributed by atoms with Gasteiger partial charge in [-0.25, -0.2) is 0 Å². The van der Waals surface area contributed by atoms with E-state index < -0.39 is 0 Å². The zero-order valence-electron chi connectivity index (χ0n) is 7.77. The van der Waals surface area contributed by atoms with Crippen LogP contribution in [0.1, 0.15) is 32.6 Å². The van der Waals surface area contributed by atoms with Gasteiger partial charge >= 0.3 is 0 Å². The molecule has 1 amide bonds. The van der Waals surface area contributed by atoms with Crippen LogP contribution < -0.4 is 5.32 Å². The van der Waals surface area contributed by atoms with Gasteiger partial charge in [0.2, 0.25) is 0 Å². The number of carbonyl (C=O) groups excluding carboxylic acids is 1. The van der Waals surface area contributed by atoms with Crippen LogP contribution in [0.15, 0.2) is 0 Å². The molecule has 0 bridgehead atoms. The Labute approximate surface area is 87.6 Å². The molecule has 0 heterocycles. The average molecular weight is 244 g/mol. The molecule has 1 aliphatic rings. The van der Waals surface area contributed by atoms with Crippen LogP contribution in [0.2, 0.25) is 0 Å². The van der Waals surface area contributed by atoms with Gasteiger partial charge in [-0.3, -0.25) is 4.79 Å². The van der Waals surface area contributed by atoms with E-state index in [0.717, 1.165) is 6.42 Å². The lowest BCUT2D eigenvalue weighted by molar-refractivity contribution is -0.116. The molecule has 1 saturated carbocycles. The van der Waals surface area contributed by atoms with Crippen molar-refractivity contribution in [3.63, 3.8) is 0 Å². The summed E-state index contributed by atoms with van der Waals surface area (Å²) in [5, 5.41) is 2.93. The summed E-state index contributed by atoms with van der Waals surface area (Å²) < 4.78 is 0. The summed E-state index contributed by atoms with van der Waals surface area (Å²) in [7, 11) is 0. The van der Waals surface area contributed by atoms with Crippen molar-refractivity contribution in [2.45, 2.75) is 38.6 Å². The number of nitrogens with one attached hydrogen (secondary N) is 1. The van der Waals surface area contributed by atoms with Gasteiger partial charge in [0, 0.05) is 27.9 Å². The lowest BCUT2D eigenvalue weighted by atomic mass is 9.86. The fourth-order valence-corrected chi connectivity index (χ4v) is 1.96. The summed E-state index contributed by atoms with van der Waals surface area (Å²) in [6, 6.07) is 0.328. The number of hydrogen-bond donors (Lipinski definition) is 1. The Hall–Kier alpha value is -0.490. The SMILES string of the molecule is CC1CCCCC1NC(=O)C#CBr. The van der Waals surface area contributed by atoms with Crippen LogP contribution in [0.3, 0.4) is 0 Å². The van der Waals surface area contributed by atoms with Crippen LogP contribution >= 0.6 is 15.9 Å². The maximum absolute atomic E-state index is 11.1. The first-order chi connectivity index (χ1) is 6.24. The molecule has 2 atom stereocenters. The molecule has 13 heavy (non-hydrogen) atoms. The molecule has 1 rings (SSSR count). The van der Waals surface area contributed by atoms with E-state index >= 15 is 0 Å². The lowest BCUT2D eigenvalue weighted by Gasteiger charge is -2.28. The molecule has 2 nitrogen and oxygen atoms in total. The number of rotatable bonds is 1. The van der Waals surface area contributed by atoms with Gasteiger partial charge in [-0.2, -0.15) is 0 Å². The molecule has 0 saturated heterocycles. The first-order valence-corrected chi connectivity index (χ1v) is 5.45. The van der Waals surface area contributed by atoms with E-state index in [1.54, 1.807) is 0 Å². The average Bonchev–Trinajstić information content (AvgIpc) is 2.09. The maximum Gasteiger partial charge on any atom is 0.296 e. The second-order valence-corrected chi connectivity index (χ2v) is 3.96. The molecule has 0 aromatic carbocycles. The van der Waals surface area contributed by atoms with Gasteiger partial charge in [-0.05, 0) is 23.6 Å². The van der Waals surface area contributed by atoms with Crippen molar-refractivity contribution in [2.75, 3.05) is 0 Å². The van der Waals surface area contributed by atoms with Crippen LogP contribution in [0.5, 0.6) is 0 Å². The summed E-state index contributed by atoms with van der Waals surface area (Å²) in [6.07, 6.45) is 4.82. The Morgan fingerprint density at radius 3 is 2.77 bits per heavy atom. The number of amides is 1. The highest BCUT2D eigenvalue weighted by atomic mass is 79.9. The molecule has 0 aromatic heterocycles. The quantitative estimate of drug-likeness (QED) is 0.702. The van der Waals surface area contributed by atoms with E-state index in [-0.39, 0.29) is 5.91 Å². The Balaban J connectivity index is 2.41. The van der Waals surface area contributed by atoms with Crippen molar-refractivity contribution in [2.24, 2.45) is 5.92 Å². The summed E-state index contributed by atoms with van der Waals surface area (Å²) >= 11 is 2.91. The zero-order valence-corrected chi connectivity index (χ0v) is 9.36. The fourth-order valence-electron chi connectivity index (χ4n) is 1.78. The molecule has 0 aromatic rings. The van der Waals surface area contributed by atoms with E-state index in [4.69, 9.17) is 0 Å². The highest BCUT2D eigenvalue weighted by molar-refractivity contribution is 9.12. The maximum atomic E-state index is 11.1. The normalized spacial score (nSPS) is 27.2. The lowest BCUT2D eigenvalue weighted by Crippen LogP contribution is -2.40.